The summed E-state index contributed by atoms with van der Waals surface area (Å²) in [4.78, 5) is 38.0. The molecule has 2 amide bonds. The second kappa shape index (κ2) is 19.7. The van der Waals surface area contributed by atoms with Crippen LogP contribution in [0.25, 0.3) is 17.2 Å². The Labute approximate surface area is 297 Å². The molecule has 15 heteroatoms. The number of nitrogens with two attached hydrogens (primary N) is 2. The van der Waals surface area contributed by atoms with Gasteiger partial charge in [0.15, 0.2) is 0 Å². The Morgan fingerprint density at radius 3 is 2.58 bits per heavy atom. The first-order chi connectivity index (χ1) is 24.0. The lowest BCUT2D eigenvalue weighted by Crippen LogP contribution is -2.58. The summed E-state index contributed by atoms with van der Waals surface area (Å²) in [5.41, 5.74) is 5.73. The average Bonchev–Trinajstić information content (AvgIpc) is 3.10. The maximum Gasteiger partial charge on any atom is 0.292 e. The number of carbonyl (C=O) groups is 3. The average molecular weight is 708 g/mol. The molecule has 268 valence electrons. The Bertz CT molecular complexity index is 1630. The fraction of sp³-hybridized carbons (Fsp3) is 0.343. The van der Waals surface area contributed by atoms with E-state index in [2.05, 4.69) is 55.0 Å². The molecule has 2 bridgehead atoms. The quantitative estimate of drug-likeness (QED) is 0.0496. The van der Waals surface area contributed by atoms with E-state index >= 15 is 0 Å². The number of nitrogens with zero attached hydrogens (tertiary/aromatic N) is 4. The molecule has 5 rings (SSSR count). The van der Waals surface area contributed by atoms with Crippen LogP contribution in [-0.2, 0) is 19.1 Å². The predicted molar refractivity (Wildman–Crippen MR) is 198 cm³/mol. The number of anilines is 3. The number of hydrogen-bond acceptors (Lipinski definition) is 11. The number of hydrazone groups is 1. The van der Waals surface area contributed by atoms with Crippen molar-refractivity contribution in [1.29, 1.82) is 0 Å². The Hall–Kier alpha value is -5.18. The van der Waals surface area contributed by atoms with Crippen LogP contribution in [0.1, 0.15) is 49.9 Å². The SMILES string of the molecule is CC1(O)CN(C=O)C1.CNc1ccc2c(c1)NCCCCC[C@H](NC(=O)/C=C/c1cc(Cl)ccc1N(N)/C=N\N)c1cc-2ccn1.COC=O. The summed E-state index contributed by atoms with van der Waals surface area (Å²) in [6.07, 6.45) is 10.8. The normalized spacial score (nSPS) is 16.3. The monoisotopic (exact) mass is 707 g/mol. The largest absolute Gasteiger partial charge is 0.471 e. The van der Waals surface area contributed by atoms with E-state index in [1.807, 2.05) is 13.1 Å². The van der Waals surface area contributed by atoms with Gasteiger partial charge in [0.2, 0.25) is 12.3 Å². The molecular weight excluding hydrogens is 662 g/mol. The second-order valence-electron chi connectivity index (χ2n) is 11.9. The van der Waals surface area contributed by atoms with Crippen molar-refractivity contribution in [2.24, 2.45) is 16.8 Å². The Kier molecular flexibility index (Phi) is 15.5. The molecule has 0 spiro atoms. The number of β-amino-alcohol motifs (C(OH)–C–C–N with tert-alkyl or cyclic N) is 1. The first kappa shape index (κ1) is 39.3. The number of rotatable bonds is 8. The topological polar surface area (TPSA) is 201 Å². The highest BCUT2D eigenvalue weighted by atomic mass is 35.5. The minimum Gasteiger partial charge on any atom is -0.471 e. The number of likely N-dealkylation sites (tertiary alicyclic amines) is 1. The number of hydrogen-bond donors (Lipinski definition) is 6. The van der Waals surface area contributed by atoms with Crippen molar-refractivity contribution >= 4 is 59.9 Å². The van der Waals surface area contributed by atoms with E-state index < -0.39 is 5.60 Å². The summed E-state index contributed by atoms with van der Waals surface area (Å²) >= 11 is 6.18. The molecule has 3 aromatic rings. The molecule has 1 saturated heterocycles. The molecule has 50 heavy (non-hydrogen) atoms. The van der Waals surface area contributed by atoms with Crippen LogP contribution in [0.3, 0.4) is 0 Å². The predicted octanol–water partition coefficient (Wildman–Crippen LogP) is 3.88. The lowest BCUT2D eigenvalue weighted by Gasteiger charge is -2.41. The number of carbonyl (C=O) groups excluding carboxylic acids is 3. The van der Waals surface area contributed by atoms with Crippen molar-refractivity contribution in [3.8, 4) is 11.1 Å². The van der Waals surface area contributed by atoms with Gasteiger partial charge in [-0.1, -0.05) is 30.5 Å². The number of nitrogens with one attached hydrogen (secondary N) is 3. The zero-order chi connectivity index (χ0) is 36.5. The standard InChI is InChI=1S/C28H33ClN8O.C5H9NO2.C2H4O2/c1-32-22-8-9-23-19-12-14-34-26(16-19)24(5-3-2-4-13-33-25(23)17-22)36-28(38)11-6-20-15-21(29)7-10-27(20)37(31)18-35-30;1-5(8)2-6(3-5)4-7;1-4-2-3/h6-12,14-18,24,32-33H,2-5,13,30-31H2,1H3,(H,36,38);4,8H,2-3H2,1H3;2H,1H3/b11-6+,35-18-;;/t24-;;/m0../s1. The zero-order valence-electron chi connectivity index (χ0n) is 28.5. The van der Waals surface area contributed by atoms with Gasteiger partial charge >= 0.3 is 0 Å². The highest BCUT2D eigenvalue weighted by molar-refractivity contribution is 6.30. The van der Waals surface area contributed by atoms with E-state index in [0.29, 0.717) is 35.8 Å². The number of amides is 2. The number of fused-ring (bicyclic) bond motifs is 4. The number of methoxy groups -OCH3 is 1. The van der Waals surface area contributed by atoms with Gasteiger partial charge in [-0.2, -0.15) is 5.10 Å². The summed E-state index contributed by atoms with van der Waals surface area (Å²) < 4.78 is 3.86. The third-order valence-corrected chi connectivity index (χ3v) is 8.00. The molecule has 2 aliphatic heterocycles. The molecule has 14 nitrogen and oxygen atoms in total. The molecule has 0 radical (unpaired) electrons. The fourth-order valence-electron chi connectivity index (χ4n) is 5.39. The molecule has 2 aliphatic rings. The number of aliphatic hydroxyl groups is 1. The van der Waals surface area contributed by atoms with Crippen LogP contribution in [0.5, 0.6) is 0 Å². The van der Waals surface area contributed by atoms with E-state index in [1.54, 1.807) is 37.4 Å². The number of hydrazine groups is 1. The van der Waals surface area contributed by atoms with Crippen LogP contribution in [0.4, 0.5) is 17.1 Å². The van der Waals surface area contributed by atoms with E-state index in [1.165, 1.54) is 29.4 Å². The number of aromatic nitrogens is 1. The van der Waals surface area contributed by atoms with Gasteiger partial charge in [-0.25, -0.2) is 5.84 Å². The molecule has 1 atom stereocenters. The first-order valence-corrected chi connectivity index (χ1v) is 16.4. The van der Waals surface area contributed by atoms with Gasteiger partial charge in [-0.15, -0.1) is 0 Å². The van der Waals surface area contributed by atoms with Crippen molar-refractivity contribution in [2.45, 2.75) is 44.2 Å². The molecule has 8 N–H and O–H groups in total. The zero-order valence-corrected chi connectivity index (χ0v) is 29.3. The van der Waals surface area contributed by atoms with Crippen LogP contribution in [0.15, 0.2) is 65.9 Å². The maximum absolute atomic E-state index is 13.0. The molecule has 0 aliphatic carbocycles. The van der Waals surface area contributed by atoms with Crippen molar-refractivity contribution in [1.82, 2.24) is 15.2 Å². The van der Waals surface area contributed by atoms with Crippen molar-refractivity contribution in [2.75, 3.05) is 49.4 Å². The third kappa shape index (κ3) is 12.1. The van der Waals surface area contributed by atoms with Crippen molar-refractivity contribution in [3.63, 3.8) is 0 Å². The van der Waals surface area contributed by atoms with E-state index in [9.17, 15) is 9.59 Å². The highest BCUT2D eigenvalue weighted by Crippen LogP contribution is 2.33. The number of halogens is 1. The summed E-state index contributed by atoms with van der Waals surface area (Å²) in [5, 5.41) is 24.2. The maximum atomic E-state index is 13.0. The van der Waals surface area contributed by atoms with Crippen LogP contribution >= 0.6 is 11.6 Å². The van der Waals surface area contributed by atoms with Gasteiger partial charge < -0.3 is 36.5 Å². The fourth-order valence-corrected chi connectivity index (χ4v) is 5.57. The van der Waals surface area contributed by atoms with Crippen LogP contribution in [-0.4, -0.2) is 79.5 Å². The molecule has 0 unspecified atom stereocenters. The van der Waals surface area contributed by atoms with Gasteiger partial charge in [-0.3, -0.25) is 24.4 Å². The van der Waals surface area contributed by atoms with Gasteiger partial charge in [-0.05, 0) is 73.9 Å². The highest BCUT2D eigenvalue weighted by Gasteiger charge is 2.35. The van der Waals surface area contributed by atoms with Crippen molar-refractivity contribution < 1.29 is 24.2 Å². The lowest BCUT2D eigenvalue weighted by atomic mass is 9.98. The summed E-state index contributed by atoms with van der Waals surface area (Å²) in [7, 11) is 3.23. The second-order valence-corrected chi connectivity index (χ2v) is 12.3. The minimum absolute atomic E-state index is 0.228. The van der Waals surface area contributed by atoms with Gasteiger partial charge in [0.1, 0.15) is 6.34 Å². The van der Waals surface area contributed by atoms with E-state index in [4.69, 9.17) is 33.2 Å². The molecule has 2 aromatic carbocycles. The molecular formula is C35H46ClN9O5. The lowest BCUT2D eigenvalue weighted by molar-refractivity contribution is -0.138. The third-order valence-electron chi connectivity index (χ3n) is 7.76. The molecule has 3 heterocycles. The molecule has 1 aromatic heterocycles. The molecule has 1 fully saturated rings. The van der Waals surface area contributed by atoms with Crippen LogP contribution in [0, 0.1) is 0 Å². The number of pyridine rings is 1. The van der Waals surface area contributed by atoms with Crippen LogP contribution in [0.2, 0.25) is 5.02 Å². The minimum atomic E-state index is -0.610. The van der Waals surface area contributed by atoms with Crippen LogP contribution < -0.4 is 32.6 Å². The van der Waals surface area contributed by atoms with Gasteiger partial charge in [0, 0.05) is 53.4 Å². The smallest absolute Gasteiger partial charge is 0.292 e. The van der Waals surface area contributed by atoms with E-state index in [0.717, 1.165) is 66.8 Å². The van der Waals surface area contributed by atoms with Gasteiger partial charge in [0.25, 0.3) is 6.47 Å². The Balaban J connectivity index is 0.000000477. The number of ether oxygens (including phenoxy) is 1. The first-order valence-electron chi connectivity index (χ1n) is 16.0. The summed E-state index contributed by atoms with van der Waals surface area (Å²) in [6.45, 7) is 3.94. The van der Waals surface area contributed by atoms with Crippen molar-refractivity contribution in [3.05, 3.63) is 77.1 Å². The Morgan fingerprint density at radius 1 is 1.18 bits per heavy atom. The summed E-state index contributed by atoms with van der Waals surface area (Å²) in [5.74, 6) is 11.0. The Morgan fingerprint density at radius 2 is 1.94 bits per heavy atom. The summed E-state index contributed by atoms with van der Waals surface area (Å²) in [6, 6.07) is 15.3. The van der Waals surface area contributed by atoms with Gasteiger partial charge in [0.05, 0.1) is 43.2 Å². The molecule has 0 saturated carbocycles. The van der Waals surface area contributed by atoms with E-state index in [-0.39, 0.29) is 11.9 Å². The number of benzene rings is 2.